The average Bonchev–Trinajstić information content (AvgIpc) is 2.69. The first-order valence-corrected chi connectivity index (χ1v) is 11.2. The van der Waals surface area contributed by atoms with Gasteiger partial charge in [0.15, 0.2) is 0 Å². The molecule has 3 nitrogen and oxygen atoms in total. The molecule has 29 heavy (non-hydrogen) atoms. The first-order chi connectivity index (χ1) is 14.2. The molecule has 0 spiro atoms. The summed E-state index contributed by atoms with van der Waals surface area (Å²) in [6.45, 7) is 2.10. The molecule has 3 heteroatoms. The van der Waals surface area contributed by atoms with Crippen LogP contribution in [0, 0.1) is 0 Å². The summed E-state index contributed by atoms with van der Waals surface area (Å²) in [6.07, 6.45) is 28.3. The molecule has 0 fully saturated rings. The number of rotatable bonds is 4. The monoisotopic (exact) mass is 396 g/mol. The molecule has 1 aromatic heterocycles. The van der Waals surface area contributed by atoms with Crippen LogP contribution in [-0.4, -0.2) is 5.11 Å². The van der Waals surface area contributed by atoms with Gasteiger partial charge in [-0.15, -0.1) is 0 Å². The van der Waals surface area contributed by atoms with Gasteiger partial charge in [-0.2, -0.15) is 0 Å². The Kier molecular flexibility index (Phi) is 11.0. The normalized spacial score (nSPS) is 19.7. The third-order valence-electron chi connectivity index (χ3n) is 5.19. The highest BCUT2D eigenvalue weighted by Gasteiger charge is 2.17. The minimum Gasteiger partial charge on any atom is -0.507 e. The summed E-state index contributed by atoms with van der Waals surface area (Å²) in [6, 6.07) is 1.63. The van der Waals surface area contributed by atoms with Gasteiger partial charge in [0.05, 0.1) is 5.56 Å². The van der Waals surface area contributed by atoms with E-state index < -0.39 is 5.63 Å². The molecule has 0 saturated heterocycles. The molecule has 1 N–H and O–H groups in total. The van der Waals surface area contributed by atoms with Crippen molar-refractivity contribution in [3.63, 3.8) is 0 Å². The number of allylic oxidation sites excluding steroid dienone is 8. The zero-order valence-corrected chi connectivity index (χ0v) is 17.8. The van der Waals surface area contributed by atoms with Crippen LogP contribution in [0.4, 0.5) is 0 Å². The molecule has 0 saturated carbocycles. The summed E-state index contributed by atoms with van der Waals surface area (Å²) < 4.78 is 5.55. The summed E-state index contributed by atoms with van der Waals surface area (Å²) in [7, 11) is 0. The minimum absolute atomic E-state index is 0.0382. The fraction of sp³-hybridized carbons (Fsp3) is 0.500. The molecule has 3 rings (SSSR count). The maximum atomic E-state index is 12.6. The van der Waals surface area contributed by atoms with Gasteiger partial charge < -0.3 is 9.52 Å². The van der Waals surface area contributed by atoms with E-state index >= 15 is 0 Å². The van der Waals surface area contributed by atoms with E-state index in [0.29, 0.717) is 17.7 Å². The van der Waals surface area contributed by atoms with E-state index in [1.165, 1.54) is 25.7 Å². The van der Waals surface area contributed by atoms with Crippen molar-refractivity contribution in [1.82, 2.24) is 0 Å². The molecule has 2 aliphatic rings. The average molecular weight is 397 g/mol. The summed E-state index contributed by atoms with van der Waals surface area (Å²) in [5.74, 6) is 0.330. The van der Waals surface area contributed by atoms with Crippen LogP contribution >= 0.6 is 0 Å². The van der Waals surface area contributed by atoms with Crippen LogP contribution in [0.15, 0.2) is 63.9 Å². The van der Waals surface area contributed by atoms with Gasteiger partial charge in [-0.05, 0) is 38.5 Å². The van der Waals surface area contributed by atoms with Crippen molar-refractivity contribution in [2.24, 2.45) is 0 Å². The standard InChI is InChI=1S/C26H36O3/c1-2-3-4-12-15-18-22-19-16-13-10-8-6-5-7-9-11-14-17-20-23-21-24(27)25(22)26(28)29-23/h3-4,8,10,15-16,18-19,21-22,27H,2,5-7,9,11-14,17,20H2,1H3. The predicted molar refractivity (Wildman–Crippen MR) is 121 cm³/mol. The highest BCUT2D eigenvalue weighted by molar-refractivity contribution is 5.38. The van der Waals surface area contributed by atoms with Crippen LogP contribution in [0.5, 0.6) is 5.75 Å². The Morgan fingerprint density at radius 3 is 2.62 bits per heavy atom. The Morgan fingerprint density at radius 2 is 1.83 bits per heavy atom. The number of fused-ring (bicyclic) bond motifs is 13. The third-order valence-corrected chi connectivity index (χ3v) is 5.19. The van der Waals surface area contributed by atoms with Crippen LogP contribution in [0.3, 0.4) is 0 Å². The fourth-order valence-corrected chi connectivity index (χ4v) is 3.58. The molecular formula is C26H36O3. The van der Waals surface area contributed by atoms with Gasteiger partial charge in [-0.1, -0.05) is 81.2 Å². The van der Waals surface area contributed by atoms with Gasteiger partial charge in [0, 0.05) is 18.4 Å². The molecule has 158 valence electrons. The van der Waals surface area contributed by atoms with Crippen molar-refractivity contribution >= 4 is 0 Å². The van der Waals surface area contributed by atoms with Crippen molar-refractivity contribution < 1.29 is 9.52 Å². The fourth-order valence-electron chi connectivity index (χ4n) is 3.58. The lowest BCUT2D eigenvalue weighted by Gasteiger charge is -2.11. The Bertz CT molecular complexity index is 765. The van der Waals surface area contributed by atoms with E-state index in [-0.39, 0.29) is 11.7 Å². The van der Waals surface area contributed by atoms with Gasteiger partial charge >= 0.3 is 5.63 Å². The molecular weight excluding hydrogens is 360 g/mol. The highest BCUT2D eigenvalue weighted by Crippen LogP contribution is 2.27. The number of hydrogen-bond donors (Lipinski definition) is 1. The molecule has 1 unspecified atom stereocenters. The van der Waals surface area contributed by atoms with Crippen molar-refractivity contribution in [2.75, 3.05) is 0 Å². The second-order valence-electron chi connectivity index (χ2n) is 7.66. The number of aryl methyl sites for hydroxylation is 1. The molecule has 2 heterocycles. The molecule has 1 aromatic rings. The Hall–Kier alpha value is -2.29. The predicted octanol–water partition coefficient (Wildman–Crippen LogP) is 7.13. The summed E-state index contributed by atoms with van der Waals surface area (Å²) >= 11 is 0. The second kappa shape index (κ2) is 13.8. The molecule has 0 radical (unpaired) electrons. The lowest BCUT2D eigenvalue weighted by atomic mass is 9.97. The first-order valence-electron chi connectivity index (χ1n) is 11.2. The molecule has 2 bridgehead atoms. The Balaban J connectivity index is 2.25. The molecule has 1 aliphatic heterocycles. The van der Waals surface area contributed by atoms with Crippen LogP contribution in [0.2, 0.25) is 0 Å². The van der Waals surface area contributed by atoms with Crippen LogP contribution in [-0.2, 0) is 6.42 Å². The van der Waals surface area contributed by atoms with Crippen molar-refractivity contribution in [3.05, 3.63) is 76.4 Å². The van der Waals surface area contributed by atoms with Gasteiger partial charge in [0.2, 0.25) is 0 Å². The van der Waals surface area contributed by atoms with E-state index in [2.05, 4.69) is 37.3 Å². The Morgan fingerprint density at radius 1 is 1.03 bits per heavy atom. The Labute approximate surface area is 175 Å². The van der Waals surface area contributed by atoms with E-state index in [0.717, 1.165) is 38.5 Å². The summed E-state index contributed by atoms with van der Waals surface area (Å²) in [5.41, 5.74) is -0.106. The lowest BCUT2D eigenvalue weighted by molar-refractivity contribution is 0.407. The zero-order valence-electron chi connectivity index (χ0n) is 17.8. The van der Waals surface area contributed by atoms with Crippen LogP contribution in [0.1, 0.15) is 88.4 Å². The quantitative estimate of drug-likeness (QED) is 0.551. The number of aromatic hydroxyl groups is 1. The summed E-state index contributed by atoms with van der Waals surface area (Å²) in [5, 5.41) is 10.6. The topological polar surface area (TPSA) is 50.4 Å². The molecule has 0 aromatic carbocycles. The van der Waals surface area contributed by atoms with E-state index in [4.69, 9.17) is 4.42 Å². The molecule has 1 atom stereocenters. The SMILES string of the molecule is CCC=CCC=CC1C=CCC=CCCCCCCCCc2cc(O)c1c(=O)o2. The van der Waals surface area contributed by atoms with Crippen LogP contribution in [0.25, 0.3) is 0 Å². The molecule has 1 aliphatic carbocycles. The second-order valence-corrected chi connectivity index (χ2v) is 7.66. The lowest BCUT2D eigenvalue weighted by Crippen LogP contribution is -2.12. The number of hydrogen-bond acceptors (Lipinski definition) is 3. The van der Waals surface area contributed by atoms with E-state index in [1.54, 1.807) is 6.07 Å². The van der Waals surface area contributed by atoms with Gasteiger partial charge in [0.1, 0.15) is 11.5 Å². The third kappa shape index (κ3) is 8.72. The van der Waals surface area contributed by atoms with Crippen molar-refractivity contribution in [3.8, 4) is 5.75 Å². The van der Waals surface area contributed by atoms with Gasteiger partial charge in [-0.25, -0.2) is 4.79 Å². The van der Waals surface area contributed by atoms with Crippen LogP contribution < -0.4 is 5.63 Å². The van der Waals surface area contributed by atoms with Gasteiger partial charge in [-0.3, -0.25) is 0 Å². The van der Waals surface area contributed by atoms with Gasteiger partial charge in [0.25, 0.3) is 0 Å². The zero-order chi connectivity index (χ0) is 20.7. The van der Waals surface area contributed by atoms with Crippen molar-refractivity contribution in [1.29, 1.82) is 0 Å². The first kappa shape index (κ1) is 23.0. The highest BCUT2D eigenvalue weighted by atomic mass is 16.4. The van der Waals surface area contributed by atoms with Crippen molar-refractivity contribution in [2.45, 2.75) is 83.5 Å². The largest absolute Gasteiger partial charge is 0.507 e. The van der Waals surface area contributed by atoms with E-state index in [1.807, 2.05) is 18.2 Å². The maximum Gasteiger partial charge on any atom is 0.343 e. The molecule has 0 amide bonds. The smallest absolute Gasteiger partial charge is 0.343 e. The minimum atomic E-state index is -0.431. The van der Waals surface area contributed by atoms with E-state index in [9.17, 15) is 9.90 Å². The maximum absolute atomic E-state index is 12.6. The summed E-state index contributed by atoms with van der Waals surface area (Å²) in [4.78, 5) is 12.6.